The number of hydrogen-bond acceptors (Lipinski definition) is 0. The monoisotopic (exact) mass is 206 g/mol. The lowest BCUT2D eigenvalue weighted by Crippen LogP contribution is -1.79. The van der Waals surface area contributed by atoms with Gasteiger partial charge >= 0.3 is 0 Å². The van der Waals surface area contributed by atoms with Crippen molar-refractivity contribution < 1.29 is 8.78 Å². The number of benzene rings is 1. The molecule has 0 bridgehead atoms. The first kappa shape index (κ1) is 7.47. The molecule has 0 atom stereocenters. The Morgan fingerprint density at radius 1 is 1.20 bits per heavy atom. The lowest BCUT2D eigenvalue weighted by molar-refractivity contribution is 0.593. The molecule has 0 saturated carbocycles. The summed E-state index contributed by atoms with van der Waals surface area (Å²) in [5, 5.41) is 0. The van der Waals surface area contributed by atoms with E-state index in [-0.39, 0.29) is 0 Å². The molecule has 0 aromatic heterocycles. The maximum absolute atomic E-state index is 12.4. The largest absolute Gasteiger partial charge is 0.694 e. The fraction of sp³-hybridized carbons (Fsp3) is 0. The van der Waals surface area contributed by atoms with Gasteiger partial charge in [0.05, 0.1) is 0 Å². The molecule has 0 aliphatic carbocycles. The first-order valence-corrected chi connectivity index (χ1v) is 3.26. The molecule has 54 valence electrons. The first-order chi connectivity index (χ1) is 4.61. The highest BCUT2D eigenvalue weighted by Crippen LogP contribution is 2.24. The van der Waals surface area contributed by atoms with E-state index in [0.717, 1.165) is 12.1 Å². The molecule has 1 aromatic carbocycles. The van der Waals surface area contributed by atoms with Crippen molar-refractivity contribution in [2.45, 2.75) is 0 Å². The first-order valence-electron chi connectivity index (χ1n) is 2.47. The van der Waals surface area contributed by atoms with Gasteiger partial charge in [-0.15, -0.1) is 0 Å². The second-order valence-corrected chi connectivity index (χ2v) is 2.66. The fourth-order valence-corrected chi connectivity index (χ4v) is 0.944. The van der Waals surface area contributed by atoms with Gasteiger partial charge < -0.3 is 5.73 Å². The number of nitrogens with one attached hydrogen (secondary N) is 1. The van der Waals surface area contributed by atoms with Crippen LogP contribution in [0.2, 0.25) is 0 Å². The molecule has 0 unspecified atom stereocenters. The summed E-state index contributed by atoms with van der Waals surface area (Å²) in [6.07, 6.45) is 0. The van der Waals surface area contributed by atoms with Crippen LogP contribution in [0.3, 0.4) is 0 Å². The summed E-state index contributed by atoms with van der Waals surface area (Å²) in [5.41, 5.74) is 6.08. The third kappa shape index (κ3) is 1.26. The van der Waals surface area contributed by atoms with Gasteiger partial charge in [-0.1, -0.05) is 21.6 Å². The van der Waals surface area contributed by atoms with E-state index >= 15 is 0 Å². The van der Waals surface area contributed by atoms with Gasteiger partial charge in [0.25, 0.3) is 0 Å². The minimum Gasteiger partial charge on any atom is -0.694 e. The maximum Gasteiger partial charge on any atom is 0.112 e. The molecule has 0 aliphatic rings. The second-order valence-electron chi connectivity index (χ2n) is 1.74. The molecule has 1 nitrogen and oxygen atoms in total. The van der Waals surface area contributed by atoms with E-state index in [1.165, 1.54) is 0 Å². The van der Waals surface area contributed by atoms with Crippen molar-refractivity contribution in [3.8, 4) is 0 Å². The van der Waals surface area contributed by atoms with Crippen LogP contribution in [-0.2, 0) is 0 Å². The van der Waals surface area contributed by atoms with Crippen LogP contribution in [0.1, 0.15) is 0 Å². The van der Waals surface area contributed by atoms with Gasteiger partial charge in [-0.05, 0) is 12.1 Å². The molecule has 10 heavy (non-hydrogen) atoms. The molecule has 0 amide bonds. The highest BCUT2D eigenvalue weighted by atomic mass is 79.9. The highest BCUT2D eigenvalue weighted by Gasteiger charge is 1.99. The Labute approximate surface area is 65.0 Å². The van der Waals surface area contributed by atoms with Crippen molar-refractivity contribution >= 4 is 21.6 Å². The van der Waals surface area contributed by atoms with Crippen molar-refractivity contribution in [3.05, 3.63) is 34.0 Å². The SMILES string of the molecule is [NH-]c1c(F)cc(Br)cc1F. The van der Waals surface area contributed by atoms with Gasteiger partial charge in [0, 0.05) is 4.47 Å². The standard InChI is InChI=1S/C6H3BrF2N/c7-3-1-4(8)6(10)5(9)2-3/h1-2,10H/q-1. The van der Waals surface area contributed by atoms with Crippen molar-refractivity contribution in [1.82, 2.24) is 0 Å². The Morgan fingerprint density at radius 3 is 2.00 bits per heavy atom. The summed E-state index contributed by atoms with van der Waals surface area (Å²) >= 11 is 2.88. The Balaban J connectivity index is 3.31. The molecule has 0 radical (unpaired) electrons. The van der Waals surface area contributed by atoms with Crippen LogP contribution in [0.25, 0.3) is 5.73 Å². The molecule has 1 N–H and O–H groups in total. The van der Waals surface area contributed by atoms with Crippen LogP contribution in [0, 0.1) is 11.6 Å². The zero-order valence-electron chi connectivity index (χ0n) is 4.79. The van der Waals surface area contributed by atoms with E-state index in [0.29, 0.717) is 4.47 Å². The Hall–Kier alpha value is -0.640. The summed E-state index contributed by atoms with van der Waals surface area (Å²) in [6.45, 7) is 0. The van der Waals surface area contributed by atoms with E-state index in [1.54, 1.807) is 0 Å². The van der Waals surface area contributed by atoms with Crippen LogP contribution in [0.4, 0.5) is 14.5 Å². The average molecular weight is 207 g/mol. The van der Waals surface area contributed by atoms with E-state index < -0.39 is 17.3 Å². The van der Waals surface area contributed by atoms with E-state index in [1.807, 2.05) is 0 Å². The average Bonchev–Trinajstić information content (AvgIpc) is 1.82. The predicted octanol–water partition coefficient (Wildman–Crippen LogP) is 3.41. The minimum absolute atomic E-state index is 0.304. The molecule has 0 spiro atoms. The summed E-state index contributed by atoms with van der Waals surface area (Å²) in [6, 6.07) is 2.09. The van der Waals surface area contributed by atoms with Crippen LogP contribution in [-0.4, -0.2) is 0 Å². The van der Waals surface area contributed by atoms with E-state index in [2.05, 4.69) is 15.9 Å². The molecule has 1 rings (SSSR count). The van der Waals surface area contributed by atoms with Gasteiger partial charge in [-0.2, -0.15) is 0 Å². The molecule has 4 heteroatoms. The van der Waals surface area contributed by atoms with Crippen molar-refractivity contribution in [1.29, 1.82) is 0 Å². The second kappa shape index (κ2) is 2.54. The topological polar surface area (TPSA) is 23.8 Å². The van der Waals surface area contributed by atoms with Gasteiger partial charge in [-0.3, -0.25) is 0 Å². The van der Waals surface area contributed by atoms with Crippen molar-refractivity contribution in [2.75, 3.05) is 0 Å². The molecule has 0 saturated heterocycles. The normalized spacial score (nSPS) is 9.90. The summed E-state index contributed by atoms with van der Waals surface area (Å²) in [4.78, 5) is 0. The number of hydrogen-bond donors (Lipinski definition) is 0. The number of halogens is 3. The molecule has 0 aliphatic heterocycles. The van der Waals surface area contributed by atoms with Gasteiger partial charge in [-0.25, -0.2) is 8.78 Å². The van der Waals surface area contributed by atoms with Crippen molar-refractivity contribution in [3.63, 3.8) is 0 Å². The molecule has 0 heterocycles. The zero-order chi connectivity index (χ0) is 7.72. The summed E-state index contributed by atoms with van der Waals surface area (Å²) < 4.78 is 25.1. The van der Waals surface area contributed by atoms with Gasteiger partial charge in [0.1, 0.15) is 11.6 Å². The Bertz CT molecular complexity index is 239. The maximum atomic E-state index is 12.4. The predicted molar refractivity (Wildman–Crippen MR) is 38.0 cm³/mol. The van der Waals surface area contributed by atoms with Gasteiger partial charge in [0.15, 0.2) is 0 Å². The lowest BCUT2D eigenvalue weighted by Gasteiger charge is -2.05. The van der Waals surface area contributed by atoms with Crippen LogP contribution >= 0.6 is 15.9 Å². The van der Waals surface area contributed by atoms with Crippen LogP contribution in [0.15, 0.2) is 16.6 Å². The third-order valence-corrected chi connectivity index (χ3v) is 1.46. The van der Waals surface area contributed by atoms with Gasteiger partial charge in [0.2, 0.25) is 0 Å². The van der Waals surface area contributed by atoms with Crippen molar-refractivity contribution in [2.24, 2.45) is 0 Å². The van der Waals surface area contributed by atoms with Crippen LogP contribution < -0.4 is 0 Å². The quantitative estimate of drug-likeness (QED) is 0.622. The molecular formula is C6H3BrF2N-. The fourth-order valence-electron chi connectivity index (χ4n) is 0.542. The van der Waals surface area contributed by atoms with Crippen LogP contribution in [0.5, 0.6) is 0 Å². The highest BCUT2D eigenvalue weighted by molar-refractivity contribution is 9.10. The minimum atomic E-state index is -0.855. The molecule has 1 aromatic rings. The Kier molecular flexibility index (Phi) is 1.89. The third-order valence-electron chi connectivity index (χ3n) is 1.01. The Morgan fingerprint density at radius 2 is 1.60 bits per heavy atom. The molecule has 0 fully saturated rings. The number of rotatable bonds is 0. The smallest absolute Gasteiger partial charge is 0.112 e. The van der Waals surface area contributed by atoms with E-state index in [4.69, 9.17) is 5.73 Å². The molecular weight excluding hydrogens is 204 g/mol. The van der Waals surface area contributed by atoms with E-state index in [9.17, 15) is 8.78 Å². The summed E-state index contributed by atoms with van der Waals surface area (Å²) in [7, 11) is 0. The lowest BCUT2D eigenvalue weighted by atomic mass is 10.3. The zero-order valence-corrected chi connectivity index (χ0v) is 6.37. The summed E-state index contributed by atoms with van der Waals surface area (Å²) in [5.74, 6) is -1.71.